The van der Waals surface area contributed by atoms with Gasteiger partial charge in [-0.3, -0.25) is 34.3 Å². The molecule has 0 bridgehead atoms. The van der Waals surface area contributed by atoms with Gasteiger partial charge in [0, 0.05) is 51.3 Å². The van der Waals surface area contributed by atoms with Crippen LogP contribution in [0.1, 0.15) is 36.3 Å². The number of nitrogens with zero attached hydrogens (tertiary/aromatic N) is 5. The normalized spacial score (nSPS) is 17.2. The van der Waals surface area contributed by atoms with Crippen LogP contribution in [0.2, 0.25) is 0 Å². The van der Waals surface area contributed by atoms with Crippen molar-refractivity contribution in [2.75, 3.05) is 19.6 Å². The second kappa shape index (κ2) is 15.2. The molecule has 40 heavy (non-hydrogen) atoms. The predicted octanol–water partition coefficient (Wildman–Crippen LogP) is 1.53. The van der Waals surface area contributed by atoms with Crippen molar-refractivity contribution in [2.24, 2.45) is 0 Å². The van der Waals surface area contributed by atoms with Crippen molar-refractivity contribution in [3.63, 3.8) is 0 Å². The van der Waals surface area contributed by atoms with Crippen molar-refractivity contribution in [1.29, 1.82) is 0 Å². The molecular weight excluding hydrogens is 511 g/mol. The quantitative estimate of drug-likeness (QED) is 0.255. The lowest BCUT2D eigenvalue weighted by atomic mass is 9.72. The average molecular weight is 546 g/mol. The van der Waals surface area contributed by atoms with Crippen molar-refractivity contribution in [2.45, 2.75) is 50.9 Å². The van der Waals surface area contributed by atoms with Gasteiger partial charge in [-0.25, -0.2) is 0 Å². The third-order valence-corrected chi connectivity index (χ3v) is 6.66. The van der Waals surface area contributed by atoms with Crippen LogP contribution in [0.15, 0.2) is 73.2 Å². The van der Waals surface area contributed by atoms with Crippen LogP contribution < -0.4 is 5.32 Å². The molecule has 12 heteroatoms. The lowest BCUT2D eigenvalue weighted by Crippen LogP contribution is -2.54. The number of amides is 1. The van der Waals surface area contributed by atoms with Crippen LogP contribution in [0.3, 0.4) is 0 Å². The molecule has 210 valence electrons. The maximum Gasteiger partial charge on any atom is 0.478 e. The number of aliphatic carboxylic acids is 1. The molecule has 1 fully saturated rings. The third-order valence-electron chi connectivity index (χ3n) is 6.66. The zero-order valence-electron chi connectivity index (χ0n) is 22.4. The van der Waals surface area contributed by atoms with E-state index in [-0.39, 0.29) is 18.9 Å². The fourth-order valence-corrected chi connectivity index (χ4v) is 4.69. The number of carbonyl (C=O) groups excluding carboxylic acids is 1. The third kappa shape index (κ3) is 9.80. The summed E-state index contributed by atoms with van der Waals surface area (Å²) in [6.45, 7) is 3.06. The summed E-state index contributed by atoms with van der Waals surface area (Å²) in [5, 5.41) is 22.2. The maximum atomic E-state index is 13.1. The van der Waals surface area contributed by atoms with Crippen LogP contribution in [0.4, 0.5) is 0 Å². The van der Waals surface area contributed by atoms with Gasteiger partial charge in [-0.15, -0.1) is 0 Å². The van der Waals surface area contributed by atoms with Gasteiger partial charge in [0.05, 0.1) is 42.1 Å². The van der Waals surface area contributed by atoms with E-state index in [2.05, 4.69) is 25.2 Å². The molecule has 4 rings (SSSR count). The molecule has 2 atom stereocenters. The minimum Gasteiger partial charge on any atom is -0.481 e. The fraction of sp³-hybridized carbons (Fsp3) is 0.393. The summed E-state index contributed by atoms with van der Waals surface area (Å²) < 4.78 is 5.42. The van der Waals surface area contributed by atoms with Crippen molar-refractivity contribution in [3.8, 4) is 0 Å². The zero-order chi connectivity index (χ0) is 28.2. The fourth-order valence-electron chi connectivity index (χ4n) is 4.69. The van der Waals surface area contributed by atoms with Crippen LogP contribution >= 0.6 is 0 Å². The second-order valence-corrected chi connectivity index (χ2v) is 9.88. The number of carbonyl (C=O) groups is 2. The first-order chi connectivity index (χ1) is 19.4. The lowest BCUT2D eigenvalue weighted by Gasteiger charge is -2.32. The molecule has 3 N–H and O–H groups in total. The predicted molar refractivity (Wildman–Crippen MR) is 148 cm³/mol. The Morgan fingerprint density at radius 1 is 0.850 bits per heavy atom. The van der Waals surface area contributed by atoms with Gasteiger partial charge in [-0.1, -0.05) is 18.2 Å². The van der Waals surface area contributed by atoms with E-state index in [0.717, 1.165) is 17.1 Å². The second-order valence-electron chi connectivity index (χ2n) is 9.88. The number of carboxylic acid groups (broad SMARTS) is 1. The summed E-state index contributed by atoms with van der Waals surface area (Å²) in [4.78, 5) is 41.7. The van der Waals surface area contributed by atoms with Crippen LogP contribution in [0.25, 0.3) is 0 Å². The standard InChI is InChI=1S/C28H35BN6O5/c36-27(33-26-11-10-25(17-28(37)38)40-29(26)39)21-35(20-24-9-3-6-14-32-24)16-15-34(18-22-7-1-4-12-30-22)19-23-8-2-5-13-31-23/h1-9,12-14,25-26,39H,10-11,15-21H2,(H,33,36)(H,37,38)/t25?,26-/m0/s1. The summed E-state index contributed by atoms with van der Waals surface area (Å²) in [6.07, 6.45) is 5.42. The lowest BCUT2D eigenvalue weighted by molar-refractivity contribution is -0.139. The number of carboxylic acids is 1. The Labute approximate surface area is 234 Å². The van der Waals surface area contributed by atoms with Crippen molar-refractivity contribution >= 4 is 19.0 Å². The van der Waals surface area contributed by atoms with Gasteiger partial charge in [-0.2, -0.15) is 0 Å². The van der Waals surface area contributed by atoms with Crippen LogP contribution in [-0.2, 0) is 33.9 Å². The minimum absolute atomic E-state index is 0.0966. The SMILES string of the molecule is O=C(O)CC1CC[C@H](NC(=O)CN(CCN(Cc2ccccn2)Cc2ccccn2)Cc2ccccn2)B(O)O1. The number of rotatable bonds is 14. The Kier molecular flexibility index (Phi) is 11.1. The van der Waals surface area contributed by atoms with Crippen LogP contribution in [0, 0.1) is 0 Å². The molecule has 0 radical (unpaired) electrons. The van der Waals surface area contributed by atoms with Gasteiger partial charge in [0.2, 0.25) is 5.91 Å². The molecule has 4 heterocycles. The number of pyridine rings is 3. The molecule has 1 amide bonds. The number of hydrogen-bond donors (Lipinski definition) is 3. The molecule has 11 nitrogen and oxygen atoms in total. The molecule has 3 aromatic heterocycles. The van der Waals surface area contributed by atoms with E-state index in [1.165, 1.54) is 0 Å². The molecule has 1 saturated heterocycles. The monoisotopic (exact) mass is 546 g/mol. The molecule has 1 unspecified atom stereocenters. The van der Waals surface area contributed by atoms with E-state index in [4.69, 9.17) is 9.76 Å². The summed E-state index contributed by atoms with van der Waals surface area (Å²) in [6, 6.07) is 17.4. The molecule has 1 aliphatic rings. The van der Waals surface area contributed by atoms with Gasteiger partial charge in [-0.05, 0) is 49.2 Å². The van der Waals surface area contributed by atoms with Gasteiger partial charge >= 0.3 is 13.1 Å². The Morgan fingerprint density at radius 2 is 1.38 bits per heavy atom. The summed E-state index contributed by atoms with van der Waals surface area (Å²) >= 11 is 0. The van der Waals surface area contributed by atoms with E-state index in [1.54, 1.807) is 18.6 Å². The minimum atomic E-state index is -1.25. The van der Waals surface area contributed by atoms with Gasteiger partial charge in [0.1, 0.15) is 0 Å². The van der Waals surface area contributed by atoms with Gasteiger partial charge in [0.15, 0.2) is 0 Å². The van der Waals surface area contributed by atoms with E-state index in [0.29, 0.717) is 45.6 Å². The van der Waals surface area contributed by atoms with Gasteiger partial charge < -0.3 is 20.1 Å². The molecule has 0 spiro atoms. The average Bonchev–Trinajstić information content (AvgIpc) is 2.94. The highest BCUT2D eigenvalue weighted by molar-refractivity contribution is 6.45. The molecule has 3 aromatic rings. The Hall–Kier alpha value is -3.71. The molecular formula is C28H35BN6O5. The number of aromatic nitrogens is 3. The largest absolute Gasteiger partial charge is 0.481 e. The first kappa shape index (κ1) is 29.3. The highest BCUT2D eigenvalue weighted by Gasteiger charge is 2.36. The van der Waals surface area contributed by atoms with E-state index in [1.807, 2.05) is 59.5 Å². The molecule has 0 saturated carbocycles. The van der Waals surface area contributed by atoms with Crippen LogP contribution in [-0.4, -0.2) is 85.6 Å². The number of hydrogen-bond acceptors (Lipinski definition) is 9. The molecule has 0 aromatic carbocycles. The van der Waals surface area contributed by atoms with Crippen LogP contribution in [0.5, 0.6) is 0 Å². The van der Waals surface area contributed by atoms with Crippen molar-refractivity contribution in [1.82, 2.24) is 30.1 Å². The highest BCUT2D eigenvalue weighted by atomic mass is 16.5. The van der Waals surface area contributed by atoms with E-state index in [9.17, 15) is 14.6 Å². The summed E-state index contributed by atoms with van der Waals surface area (Å²) in [7, 11) is -1.25. The first-order valence-electron chi connectivity index (χ1n) is 13.4. The van der Waals surface area contributed by atoms with E-state index < -0.39 is 25.1 Å². The summed E-state index contributed by atoms with van der Waals surface area (Å²) in [5.74, 6) is -1.83. The first-order valence-corrected chi connectivity index (χ1v) is 13.4. The van der Waals surface area contributed by atoms with Crippen molar-refractivity contribution < 1.29 is 24.4 Å². The highest BCUT2D eigenvalue weighted by Crippen LogP contribution is 2.18. The van der Waals surface area contributed by atoms with E-state index >= 15 is 0 Å². The number of nitrogens with one attached hydrogen (secondary N) is 1. The topological polar surface area (TPSA) is 141 Å². The summed E-state index contributed by atoms with van der Waals surface area (Å²) in [5.41, 5.74) is 2.73. The smallest absolute Gasteiger partial charge is 0.478 e. The molecule has 0 aliphatic carbocycles. The maximum absolute atomic E-state index is 13.1. The van der Waals surface area contributed by atoms with Gasteiger partial charge in [0.25, 0.3) is 0 Å². The van der Waals surface area contributed by atoms with Crippen molar-refractivity contribution in [3.05, 3.63) is 90.3 Å². The Balaban J connectivity index is 1.39. The Morgan fingerprint density at radius 3 is 1.85 bits per heavy atom. The zero-order valence-corrected chi connectivity index (χ0v) is 22.4. The molecule has 1 aliphatic heterocycles. The Bertz CT molecular complexity index is 1150.